The van der Waals surface area contributed by atoms with E-state index in [1.54, 1.807) is 31.2 Å². The van der Waals surface area contributed by atoms with Crippen molar-refractivity contribution in [2.75, 3.05) is 11.1 Å². The third-order valence-electron chi connectivity index (χ3n) is 4.43. The number of para-hydroxylation sites is 1. The van der Waals surface area contributed by atoms with Crippen molar-refractivity contribution in [2.45, 2.75) is 12.8 Å². The van der Waals surface area contributed by atoms with Gasteiger partial charge in [0.15, 0.2) is 0 Å². The van der Waals surface area contributed by atoms with E-state index in [1.807, 2.05) is 30.3 Å². The molecule has 144 valence electrons. The summed E-state index contributed by atoms with van der Waals surface area (Å²) in [5.41, 5.74) is 2.80. The highest BCUT2D eigenvalue weighted by molar-refractivity contribution is 8.03. The summed E-state index contributed by atoms with van der Waals surface area (Å²) in [5, 5.41) is 25.8. The van der Waals surface area contributed by atoms with Crippen molar-refractivity contribution in [1.29, 1.82) is 10.5 Å². The van der Waals surface area contributed by atoms with Crippen LogP contribution in [0.25, 0.3) is 0 Å². The Hall–Kier alpha value is -3.19. The molecule has 0 aliphatic carbocycles. The SMILES string of the molecule is CC1=C(C(=O)Nc2ccccc2Cl)C(c2ccccc2)C(C#N)=C(SCC#N)N1. The molecular formula is C22H17ClN4OS. The van der Waals surface area contributed by atoms with E-state index >= 15 is 0 Å². The standard InChI is InChI=1S/C22H17ClN4OS/c1-14-19(21(28)27-18-10-6-5-9-17(18)23)20(15-7-3-2-4-8-15)16(13-25)22(26-14)29-12-11-24/h2-10,20,26H,12H2,1H3,(H,27,28). The Labute approximate surface area is 178 Å². The summed E-state index contributed by atoms with van der Waals surface area (Å²) in [6, 6.07) is 20.7. The van der Waals surface area contributed by atoms with Crippen molar-refractivity contribution in [3.05, 3.63) is 87.1 Å². The van der Waals surface area contributed by atoms with Gasteiger partial charge in [-0.15, -0.1) is 0 Å². The molecule has 29 heavy (non-hydrogen) atoms. The minimum Gasteiger partial charge on any atom is -0.353 e. The average Bonchev–Trinajstić information content (AvgIpc) is 2.73. The van der Waals surface area contributed by atoms with Crippen LogP contribution in [-0.2, 0) is 4.79 Å². The zero-order chi connectivity index (χ0) is 20.8. The Morgan fingerprint density at radius 2 is 1.86 bits per heavy atom. The van der Waals surface area contributed by atoms with Crippen molar-refractivity contribution in [3.8, 4) is 12.1 Å². The van der Waals surface area contributed by atoms with Gasteiger partial charge in [-0.2, -0.15) is 10.5 Å². The number of nitrogens with one attached hydrogen (secondary N) is 2. The number of thioether (sulfide) groups is 1. The maximum atomic E-state index is 13.2. The number of nitriles is 2. The lowest BCUT2D eigenvalue weighted by Gasteiger charge is -2.29. The van der Waals surface area contributed by atoms with Crippen molar-refractivity contribution in [1.82, 2.24) is 5.32 Å². The second kappa shape index (κ2) is 9.34. The quantitative estimate of drug-likeness (QED) is 0.715. The number of rotatable bonds is 5. The van der Waals surface area contributed by atoms with E-state index in [0.29, 0.717) is 32.6 Å². The fourth-order valence-electron chi connectivity index (χ4n) is 3.16. The zero-order valence-electron chi connectivity index (χ0n) is 15.6. The van der Waals surface area contributed by atoms with Crippen LogP contribution >= 0.6 is 23.4 Å². The fourth-order valence-corrected chi connectivity index (χ4v) is 4.10. The first-order valence-corrected chi connectivity index (χ1v) is 10.2. The first-order chi connectivity index (χ1) is 14.1. The number of carbonyl (C=O) groups is 1. The Bertz CT molecular complexity index is 1080. The minimum atomic E-state index is -0.550. The van der Waals surface area contributed by atoms with Gasteiger partial charge in [-0.1, -0.05) is 65.8 Å². The highest BCUT2D eigenvalue weighted by Gasteiger charge is 2.34. The summed E-state index contributed by atoms with van der Waals surface area (Å²) in [7, 11) is 0. The topological polar surface area (TPSA) is 88.7 Å². The molecule has 0 radical (unpaired) electrons. The van der Waals surface area contributed by atoms with Gasteiger partial charge in [0, 0.05) is 11.3 Å². The first-order valence-electron chi connectivity index (χ1n) is 8.79. The molecule has 1 atom stereocenters. The van der Waals surface area contributed by atoms with Gasteiger partial charge in [0.05, 0.1) is 45.1 Å². The molecule has 7 heteroatoms. The molecule has 0 spiro atoms. The third kappa shape index (κ3) is 4.46. The Balaban J connectivity index is 2.07. The van der Waals surface area contributed by atoms with Crippen LogP contribution in [0.2, 0.25) is 5.02 Å². The molecule has 1 aliphatic heterocycles. The maximum absolute atomic E-state index is 13.2. The number of dihydropyridines is 1. The van der Waals surface area contributed by atoms with E-state index in [2.05, 4.69) is 22.8 Å². The van der Waals surface area contributed by atoms with Crippen LogP contribution in [0.4, 0.5) is 5.69 Å². The number of halogens is 1. The zero-order valence-corrected chi connectivity index (χ0v) is 17.1. The molecule has 0 saturated carbocycles. The molecule has 1 heterocycles. The first kappa shape index (κ1) is 20.5. The predicted octanol–water partition coefficient (Wildman–Crippen LogP) is 4.93. The minimum absolute atomic E-state index is 0.198. The monoisotopic (exact) mass is 420 g/mol. The third-order valence-corrected chi connectivity index (χ3v) is 5.64. The largest absolute Gasteiger partial charge is 0.353 e. The van der Waals surface area contributed by atoms with E-state index < -0.39 is 5.92 Å². The molecule has 2 aromatic rings. The molecule has 0 bridgehead atoms. The van der Waals surface area contributed by atoms with Gasteiger partial charge in [-0.3, -0.25) is 4.79 Å². The van der Waals surface area contributed by atoms with Gasteiger partial charge in [0.1, 0.15) is 0 Å². The van der Waals surface area contributed by atoms with Crippen LogP contribution in [0.3, 0.4) is 0 Å². The molecule has 0 aromatic heterocycles. The number of allylic oxidation sites excluding steroid dienone is 2. The van der Waals surface area contributed by atoms with E-state index in [9.17, 15) is 10.1 Å². The summed E-state index contributed by atoms with van der Waals surface area (Å²) in [6.07, 6.45) is 0. The van der Waals surface area contributed by atoms with Crippen LogP contribution in [0.15, 0.2) is 76.5 Å². The average molecular weight is 421 g/mol. The second-order valence-electron chi connectivity index (χ2n) is 6.24. The van der Waals surface area contributed by atoms with Crippen LogP contribution in [0.1, 0.15) is 18.4 Å². The molecular weight excluding hydrogens is 404 g/mol. The Morgan fingerprint density at radius 1 is 1.17 bits per heavy atom. The van der Waals surface area contributed by atoms with Crippen molar-refractivity contribution < 1.29 is 4.79 Å². The molecule has 1 unspecified atom stereocenters. The summed E-state index contributed by atoms with van der Waals surface area (Å²) >= 11 is 7.44. The van der Waals surface area contributed by atoms with Gasteiger partial charge in [0.25, 0.3) is 5.91 Å². The molecule has 1 amide bonds. The molecule has 0 saturated heterocycles. The van der Waals surface area contributed by atoms with Crippen molar-refractivity contribution in [3.63, 3.8) is 0 Å². The number of anilines is 1. The van der Waals surface area contributed by atoms with Crippen LogP contribution in [0, 0.1) is 22.7 Å². The van der Waals surface area contributed by atoms with E-state index in [-0.39, 0.29) is 11.7 Å². The molecule has 5 nitrogen and oxygen atoms in total. The highest BCUT2D eigenvalue weighted by atomic mass is 35.5. The summed E-state index contributed by atoms with van der Waals surface area (Å²) in [4.78, 5) is 13.2. The number of amides is 1. The number of carbonyl (C=O) groups excluding carboxylic acids is 1. The lowest BCUT2D eigenvalue weighted by atomic mass is 9.82. The Morgan fingerprint density at radius 3 is 2.52 bits per heavy atom. The smallest absolute Gasteiger partial charge is 0.254 e. The van der Waals surface area contributed by atoms with Crippen LogP contribution < -0.4 is 10.6 Å². The normalized spacial score (nSPS) is 15.9. The fraction of sp³-hybridized carbons (Fsp3) is 0.136. The van der Waals surface area contributed by atoms with E-state index in [0.717, 1.165) is 5.56 Å². The lowest BCUT2D eigenvalue weighted by Crippen LogP contribution is -2.30. The van der Waals surface area contributed by atoms with Gasteiger partial charge >= 0.3 is 0 Å². The number of hydrogen-bond donors (Lipinski definition) is 2. The highest BCUT2D eigenvalue weighted by Crippen LogP contribution is 2.41. The van der Waals surface area contributed by atoms with Gasteiger partial charge in [-0.05, 0) is 24.6 Å². The molecule has 2 aromatic carbocycles. The predicted molar refractivity (Wildman–Crippen MR) is 116 cm³/mol. The van der Waals surface area contributed by atoms with Crippen molar-refractivity contribution >= 4 is 35.0 Å². The van der Waals surface area contributed by atoms with Gasteiger partial charge in [-0.25, -0.2) is 0 Å². The van der Waals surface area contributed by atoms with Crippen LogP contribution in [-0.4, -0.2) is 11.7 Å². The summed E-state index contributed by atoms with van der Waals surface area (Å²) in [6.45, 7) is 1.79. The van der Waals surface area contributed by atoms with Gasteiger partial charge < -0.3 is 10.6 Å². The van der Waals surface area contributed by atoms with Crippen molar-refractivity contribution in [2.24, 2.45) is 0 Å². The maximum Gasteiger partial charge on any atom is 0.254 e. The lowest BCUT2D eigenvalue weighted by molar-refractivity contribution is -0.113. The van der Waals surface area contributed by atoms with E-state index in [4.69, 9.17) is 16.9 Å². The van der Waals surface area contributed by atoms with Gasteiger partial charge in [0.2, 0.25) is 0 Å². The van der Waals surface area contributed by atoms with Crippen LogP contribution in [0.5, 0.6) is 0 Å². The molecule has 3 rings (SSSR count). The van der Waals surface area contributed by atoms with E-state index in [1.165, 1.54) is 11.8 Å². The molecule has 2 N–H and O–H groups in total. The Kier molecular flexibility index (Phi) is 6.61. The molecule has 0 fully saturated rings. The number of hydrogen-bond acceptors (Lipinski definition) is 5. The second-order valence-corrected chi connectivity index (χ2v) is 7.64. The number of nitrogens with zero attached hydrogens (tertiary/aromatic N) is 2. The summed E-state index contributed by atoms with van der Waals surface area (Å²) in [5.74, 6) is -0.691. The summed E-state index contributed by atoms with van der Waals surface area (Å²) < 4.78 is 0. The molecule has 1 aliphatic rings. The number of benzene rings is 2.